The van der Waals surface area contributed by atoms with Crippen LogP contribution in [0.15, 0.2) is 11.0 Å². The largest absolute Gasteiger partial charge is 0.465 e. The number of nitrogens with zero attached hydrogens (tertiary/aromatic N) is 1. The first-order valence-electron chi connectivity index (χ1n) is 4.98. The Labute approximate surface area is 101 Å². The predicted molar refractivity (Wildman–Crippen MR) is 58.5 cm³/mol. The van der Waals surface area contributed by atoms with E-state index < -0.39 is 29.3 Å². The van der Waals surface area contributed by atoms with Crippen LogP contribution in [0.5, 0.6) is 0 Å². The molecule has 0 unspecified atom stereocenters. The predicted octanol–water partition coefficient (Wildman–Crippen LogP) is -0.406. The fourth-order valence-electron chi connectivity index (χ4n) is 0.992. The summed E-state index contributed by atoms with van der Waals surface area (Å²) in [4.78, 5) is 38.1. The molecule has 18 heavy (non-hydrogen) atoms. The van der Waals surface area contributed by atoms with Crippen LogP contribution >= 0.6 is 0 Å². The van der Waals surface area contributed by atoms with Crippen molar-refractivity contribution in [3.8, 4) is 0 Å². The van der Waals surface area contributed by atoms with Gasteiger partial charge in [0.15, 0.2) is 11.6 Å². The minimum atomic E-state index is -0.902. The lowest BCUT2D eigenvalue weighted by Gasteiger charge is -2.07. The van der Waals surface area contributed by atoms with Crippen molar-refractivity contribution in [3.63, 3.8) is 0 Å². The zero-order valence-electron chi connectivity index (χ0n) is 9.45. The molecule has 0 fully saturated rings. The van der Waals surface area contributed by atoms with Gasteiger partial charge in [-0.15, -0.1) is 0 Å². The number of carbonyl (C=O) groups is 2. The number of urea groups is 1. The normalized spacial score (nSPS) is 9.67. The standard InChI is InChI=1S/C9H11FN4O4/c1-2-18-6(15)4-12-9(17)14-7-5(10)3-11-8(16)13-7/h3H,2,4H2,1H3,(H3,11,12,13,14,16,17). The molecule has 0 bridgehead atoms. The summed E-state index contributed by atoms with van der Waals surface area (Å²) in [6.45, 7) is 1.44. The highest BCUT2D eigenvalue weighted by molar-refractivity contribution is 5.90. The molecule has 3 N–H and O–H groups in total. The molecule has 0 saturated carbocycles. The zero-order valence-corrected chi connectivity index (χ0v) is 9.45. The number of aromatic nitrogens is 2. The second kappa shape index (κ2) is 6.33. The molecule has 0 atom stereocenters. The van der Waals surface area contributed by atoms with Crippen LogP contribution < -0.4 is 16.3 Å². The molecule has 0 aliphatic rings. The molecule has 0 aliphatic carbocycles. The second-order valence-corrected chi connectivity index (χ2v) is 3.02. The minimum absolute atomic E-state index is 0.189. The SMILES string of the molecule is CCOC(=O)CNC(=O)Nc1[nH]c(=O)ncc1F. The minimum Gasteiger partial charge on any atom is -0.465 e. The smallest absolute Gasteiger partial charge is 0.346 e. The van der Waals surface area contributed by atoms with Gasteiger partial charge in [0.05, 0.1) is 12.8 Å². The van der Waals surface area contributed by atoms with Crippen LogP contribution in [0.3, 0.4) is 0 Å². The van der Waals surface area contributed by atoms with E-state index in [1.165, 1.54) is 0 Å². The van der Waals surface area contributed by atoms with Crippen LogP contribution in [0.25, 0.3) is 0 Å². The number of amides is 2. The highest BCUT2D eigenvalue weighted by Crippen LogP contribution is 2.04. The molecule has 8 nitrogen and oxygen atoms in total. The molecule has 9 heteroatoms. The number of H-pyrrole nitrogens is 1. The van der Waals surface area contributed by atoms with Crippen molar-refractivity contribution in [2.75, 3.05) is 18.5 Å². The molecule has 98 valence electrons. The third-order valence-electron chi connectivity index (χ3n) is 1.70. The molecule has 0 aliphatic heterocycles. The molecule has 0 radical (unpaired) electrons. The maximum absolute atomic E-state index is 13.1. The van der Waals surface area contributed by atoms with E-state index in [0.717, 1.165) is 0 Å². The van der Waals surface area contributed by atoms with Gasteiger partial charge in [0.2, 0.25) is 0 Å². The van der Waals surface area contributed by atoms with Gasteiger partial charge in [-0.1, -0.05) is 0 Å². The van der Waals surface area contributed by atoms with Crippen molar-refractivity contribution in [1.82, 2.24) is 15.3 Å². The third-order valence-corrected chi connectivity index (χ3v) is 1.70. The first kappa shape index (κ1) is 13.6. The summed E-state index contributed by atoms with van der Waals surface area (Å²) in [6.07, 6.45) is 0.666. The fourth-order valence-corrected chi connectivity index (χ4v) is 0.992. The maximum Gasteiger partial charge on any atom is 0.346 e. The summed E-state index contributed by atoms with van der Waals surface area (Å²) >= 11 is 0. The average Bonchev–Trinajstić information content (AvgIpc) is 2.32. The van der Waals surface area contributed by atoms with E-state index in [1.54, 1.807) is 6.92 Å². The van der Waals surface area contributed by atoms with Crippen LogP contribution in [0.1, 0.15) is 6.92 Å². The van der Waals surface area contributed by atoms with E-state index in [1.807, 2.05) is 10.3 Å². The zero-order chi connectivity index (χ0) is 13.5. The molecule has 0 spiro atoms. The van der Waals surface area contributed by atoms with Gasteiger partial charge in [-0.2, -0.15) is 4.98 Å². The van der Waals surface area contributed by atoms with E-state index in [4.69, 9.17) is 0 Å². The topological polar surface area (TPSA) is 113 Å². The summed E-state index contributed by atoms with van der Waals surface area (Å²) in [7, 11) is 0. The molecule has 1 rings (SSSR count). The average molecular weight is 258 g/mol. The monoisotopic (exact) mass is 258 g/mol. The summed E-state index contributed by atoms with van der Waals surface area (Å²) in [5.41, 5.74) is -0.808. The van der Waals surface area contributed by atoms with Crippen LogP contribution in [-0.4, -0.2) is 35.1 Å². The molecule has 0 saturated heterocycles. The summed E-state index contributed by atoms with van der Waals surface area (Å²) in [5, 5.41) is 4.15. The van der Waals surface area contributed by atoms with Crippen molar-refractivity contribution >= 4 is 17.8 Å². The number of halogens is 1. The molecule has 1 aromatic heterocycles. The van der Waals surface area contributed by atoms with Crippen molar-refractivity contribution in [2.45, 2.75) is 6.92 Å². The van der Waals surface area contributed by atoms with Crippen molar-refractivity contribution < 1.29 is 18.7 Å². The van der Waals surface area contributed by atoms with Gasteiger partial charge in [0, 0.05) is 0 Å². The molecular weight excluding hydrogens is 247 g/mol. The number of nitrogens with one attached hydrogen (secondary N) is 3. The van der Waals surface area contributed by atoms with Gasteiger partial charge in [-0.3, -0.25) is 15.1 Å². The highest BCUT2D eigenvalue weighted by Gasteiger charge is 2.09. The number of rotatable bonds is 4. The van der Waals surface area contributed by atoms with Gasteiger partial charge in [0.1, 0.15) is 6.54 Å². The Bertz CT molecular complexity index is 502. The van der Waals surface area contributed by atoms with Crippen molar-refractivity contribution in [2.24, 2.45) is 0 Å². The Hall–Kier alpha value is -2.45. The summed E-state index contributed by atoms with van der Waals surface area (Å²) in [5.74, 6) is -1.96. The van der Waals surface area contributed by atoms with Crippen LogP contribution in [0.4, 0.5) is 15.0 Å². The number of ether oxygens (including phenoxy) is 1. The Kier molecular flexibility index (Phi) is 4.78. The van der Waals surface area contributed by atoms with E-state index in [2.05, 4.69) is 15.0 Å². The number of hydrogen-bond donors (Lipinski definition) is 3. The highest BCUT2D eigenvalue weighted by atomic mass is 19.1. The summed E-state index contributed by atoms with van der Waals surface area (Å²) < 4.78 is 17.6. The van der Waals surface area contributed by atoms with Crippen molar-refractivity contribution in [3.05, 3.63) is 22.5 Å². The van der Waals surface area contributed by atoms with Crippen LogP contribution in [0, 0.1) is 5.82 Å². The van der Waals surface area contributed by atoms with Crippen molar-refractivity contribution in [1.29, 1.82) is 0 Å². The van der Waals surface area contributed by atoms with E-state index in [0.29, 0.717) is 6.20 Å². The van der Waals surface area contributed by atoms with E-state index >= 15 is 0 Å². The second-order valence-electron chi connectivity index (χ2n) is 3.02. The molecule has 1 heterocycles. The first-order chi connectivity index (χ1) is 8.52. The van der Waals surface area contributed by atoms with Gasteiger partial charge >= 0.3 is 17.7 Å². The number of aromatic amines is 1. The summed E-state index contributed by atoms with van der Waals surface area (Å²) in [6, 6.07) is -0.858. The van der Waals surface area contributed by atoms with Gasteiger partial charge in [-0.25, -0.2) is 14.0 Å². The number of hydrogen-bond acceptors (Lipinski definition) is 5. The Morgan fingerprint density at radius 3 is 2.94 bits per heavy atom. The lowest BCUT2D eigenvalue weighted by molar-refractivity contribution is -0.141. The number of carbonyl (C=O) groups excluding carboxylic acids is 2. The lowest BCUT2D eigenvalue weighted by atomic mass is 10.5. The third kappa shape index (κ3) is 4.20. The fraction of sp³-hybridized carbons (Fsp3) is 0.333. The molecule has 0 aromatic carbocycles. The maximum atomic E-state index is 13.1. The Balaban J connectivity index is 2.52. The number of esters is 1. The molecular formula is C9H11FN4O4. The first-order valence-corrected chi connectivity index (χ1v) is 4.98. The van der Waals surface area contributed by atoms with Gasteiger partial charge < -0.3 is 10.1 Å². The van der Waals surface area contributed by atoms with E-state index in [-0.39, 0.29) is 13.2 Å². The number of anilines is 1. The van der Waals surface area contributed by atoms with Gasteiger partial charge in [0.25, 0.3) is 0 Å². The van der Waals surface area contributed by atoms with Crippen LogP contribution in [0.2, 0.25) is 0 Å². The molecule has 1 aromatic rings. The Morgan fingerprint density at radius 1 is 1.56 bits per heavy atom. The lowest BCUT2D eigenvalue weighted by Crippen LogP contribution is -2.35. The van der Waals surface area contributed by atoms with E-state index in [9.17, 15) is 18.8 Å². The molecule has 2 amide bonds. The quantitative estimate of drug-likeness (QED) is 0.635. The van der Waals surface area contributed by atoms with Crippen LogP contribution in [-0.2, 0) is 9.53 Å². The van der Waals surface area contributed by atoms with Gasteiger partial charge in [-0.05, 0) is 6.92 Å². The Morgan fingerprint density at radius 2 is 2.28 bits per heavy atom.